The average Bonchev–Trinajstić information content (AvgIpc) is 2.48. The predicted octanol–water partition coefficient (Wildman–Crippen LogP) is 2.08. The van der Waals surface area contributed by atoms with Crippen LogP contribution in [0.2, 0.25) is 0 Å². The summed E-state index contributed by atoms with van der Waals surface area (Å²) in [5.74, 6) is -2.81. The van der Waals surface area contributed by atoms with Crippen molar-refractivity contribution in [2.24, 2.45) is 0 Å². The zero-order valence-corrected chi connectivity index (χ0v) is 10.5. The van der Waals surface area contributed by atoms with Crippen LogP contribution in [0, 0.1) is 6.07 Å². The highest BCUT2D eigenvalue weighted by Gasteiger charge is 2.18. The third-order valence-corrected chi connectivity index (χ3v) is 3.02. The number of fused-ring (bicyclic) bond motifs is 1. The van der Waals surface area contributed by atoms with Gasteiger partial charge in [-0.15, -0.1) is 0 Å². The topological polar surface area (TPSA) is 111 Å². The molecule has 0 aliphatic rings. The van der Waals surface area contributed by atoms with E-state index in [0.717, 1.165) is 12.1 Å². The van der Waals surface area contributed by atoms with Gasteiger partial charge in [0.15, 0.2) is 23.0 Å². The minimum absolute atomic E-state index is 0.0446. The first-order valence-corrected chi connectivity index (χ1v) is 5.91. The van der Waals surface area contributed by atoms with Crippen LogP contribution >= 0.6 is 0 Å². The molecule has 0 amide bonds. The fraction of sp³-hybridized carbons (Fsp3) is 0. The quantitative estimate of drug-likeness (QED) is 0.509. The van der Waals surface area contributed by atoms with Gasteiger partial charge in [-0.2, -0.15) is 0 Å². The minimum Gasteiger partial charge on any atom is -0.504 e. The molecule has 2 aromatic carbocycles. The largest absolute Gasteiger partial charge is 0.504 e. The van der Waals surface area contributed by atoms with E-state index in [1.54, 1.807) is 6.07 Å². The van der Waals surface area contributed by atoms with Crippen LogP contribution in [0.15, 0.2) is 39.5 Å². The molecule has 6 heteroatoms. The van der Waals surface area contributed by atoms with Crippen LogP contribution < -0.4 is 5.43 Å². The van der Waals surface area contributed by atoms with E-state index in [-0.39, 0.29) is 22.3 Å². The SMILES string of the molecule is O=c1c(O)c(-c2cc(O)c(O)c(O)c2)oc2ccc[c]c12. The predicted molar refractivity (Wildman–Crippen MR) is 73.4 cm³/mol. The Hall–Kier alpha value is -3.15. The van der Waals surface area contributed by atoms with Crippen LogP contribution in [0.3, 0.4) is 0 Å². The van der Waals surface area contributed by atoms with E-state index in [9.17, 15) is 25.2 Å². The van der Waals surface area contributed by atoms with Gasteiger partial charge in [0, 0.05) is 5.56 Å². The van der Waals surface area contributed by atoms with E-state index in [0.29, 0.717) is 0 Å². The lowest BCUT2D eigenvalue weighted by Crippen LogP contribution is -2.02. The maximum absolute atomic E-state index is 12.0. The molecule has 0 spiro atoms. The Labute approximate surface area is 117 Å². The van der Waals surface area contributed by atoms with Crippen molar-refractivity contribution < 1.29 is 24.8 Å². The van der Waals surface area contributed by atoms with Crippen molar-refractivity contribution in [1.29, 1.82) is 0 Å². The highest BCUT2D eigenvalue weighted by molar-refractivity contribution is 5.82. The molecule has 0 aliphatic heterocycles. The van der Waals surface area contributed by atoms with Gasteiger partial charge in [0.2, 0.25) is 11.2 Å². The van der Waals surface area contributed by atoms with Crippen LogP contribution in [0.1, 0.15) is 0 Å². The number of phenolic OH excluding ortho intramolecular Hbond substituents is 3. The molecule has 4 N–H and O–H groups in total. The normalized spacial score (nSPS) is 10.9. The first-order chi connectivity index (χ1) is 9.99. The molecule has 105 valence electrons. The molecule has 0 bridgehead atoms. The fourth-order valence-electron chi connectivity index (χ4n) is 1.99. The summed E-state index contributed by atoms with van der Waals surface area (Å²) in [5, 5.41) is 38.3. The molecule has 0 saturated heterocycles. The van der Waals surface area contributed by atoms with Gasteiger partial charge in [0.1, 0.15) is 5.58 Å². The summed E-state index contributed by atoms with van der Waals surface area (Å²) in [6, 6.07) is 9.43. The lowest BCUT2D eigenvalue weighted by molar-refractivity contribution is 0.368. The van der Waals surface area contributed by atoms with Crippen LogP contribution in [0.4, 0.5) is 0 Å². The number of rotatable bonds is 1. The molecule has 3 aromatic rings. The van der Waals surface area contributed by atoms with Gasteiger partial charge < -0.3 is 24.8 Å². The van der Waals surface area contributed by atoms with Crippen molar-refractivity contribution in [3.05, 3.63) is 46.6 Å². The first-order valence-electron chi connectivity index (χ1n) is 5.91. The smallest absolute Gasteiger partial charge is 0.235 e. The number of phenols is 3. The summed E-state index contributed by atoms with van der Waals surface area (Å²) in [5.41, 5.74) is -0.440. The zero-order chi connectivity index (χ0) is 15.1. The highest BCUT2D eigenvalue weighted by atomic mass is 16.4. The summed E-state index contributed by atoms with van der Waals surface area (Å²) < 4.78 is 5.42. The van der Waals surface area contributed by atoms with Crippen LogP contribution in [-0.4, -0.2) is 20.4 Å². The summed E-state index contributed by atoms with van der Waals surface area (Å²) in [4.78, 5) is 12.0. The zero-order valence-electron chi connectivity index (χ0n) is 10.5. The second-order valence-corrected chi connectivity index (χ2v) is 4.38. The van der Waals surface area contributed by atoms with Gasteiger partial charge in [-0.1, -0.05) is 12.1 Å². The van der Waals surface area contributed by atoms with Gasteiger partial charge in [-0.25, -0.2) is 0 Å². The second kappa shape index (κ2) is 4.45. The molecule has 0 unspecified atom stereocenters. The summed E-state index contributed by atoms with van der Waals surface area (Å²) in [6.45, 7) is 0. The van der Waals surface area contributed by atoms with Gasteiger partial charge >= 0.3 is 0 Å². The van der Waals surface area contributed by atoms with E-state index in [2.05, 4.69) is 6.07 Å². The first kappa shape index (κ1) is 12.9. The molecule has 0 aliphatic carbocycles. The van der Waals surface area contributed by atoms with E-state index >= 15 is 0 Å². The molecule has 1 aromatic heterocycles. The molecule has 0 atom stereocenters. The van der Waals surface area contributed by atoms with E-state index < -0.39 is 28.4 Å². The Morgan fingerprint density at radius 2 is 1.67 bits per heavy atom. The van der Waals surface area contributed by atoms with Crippen molar-refractivity contribution in [2.45, 2.75) is 0 Å². The molecule has 1 radical (unpaired) electrons. The standard InChI is InChI=1S/C15H9O6/c16-9-5-7(6-10(17)13(9)19)15-14(20)12(18)8-3-1-2-4-11(8)21-15/h1-2,4-6,16-17,19-20H. The van der Waals surface area contributed by atoms with Crippen molar-refractivity contribution >= 4 is 11.0 Å². The summed E-state index contributed by atoms with van der Waals surface area (Å²) in [6.07, 6.45) is 0. The summed E-state index contributed by atoms with van der Waals surface area (Å²) in [7, 11) is 0. The van der Waals surface area contributed by atoms with Gasteiger partial charge in [-0.3, -0.25) is 4.79 Å². The molecule has 1 heterocycles. The monoisotopic (exact) mass is 285 g/mol. The second-order valence-electron chi connectivity index (χ2n) is 4.38. The lowest BCUT2D eigenvalue weighted by atomic mass is 10.1. The van der Waals surface area contributed by atoms with E-state index in [1.807, 2.05) is 0 Å². The average molecular weight is 285 g/mol. The summed E-state index contributed by atoms with van der Waals surface area (Å²) >= 11 is 0. The van der Waals surface area contributed by atoms with Crippen molar-refractivity contribution in [3.63, 3.8) is 0 Å². The molecule has 0 saturated carbocycles. The molecule has 0 fully saturated rings. The highest BCUT2D eigenvalue weighted by Crippen LogP contribution is 2.40. The van der Waals surface area contributed by atoms with E-state index in [4.69, 9.17) is 4.42 Å². The van der Waals surface area contributed by atoms with Crippen LogP contribution in [-0.2, 0) is 0 Å². The van der Waals surface area contributed by atoms with Crippen LogP contribution in [0.25, 0.3) is 22.3 Å². The van der Waals surface area contributed by atoms with Crippen molar-refractivity contribution in [3.8, 4) is 34.3 Å². The molecular formula is C15H9O6. The maximum atomic E-state index is 12.0. The number of hydrogen-bond acceptors (Lipinski definition) is 6. The Kier molecular flexibility index (Phi) is 2.72. The maximum Gasteiger partial charge on any atom is 0.235 e. The Bertz CT molecular complexity index is 887. The third-order valence-electron chi connectivity index (χ3n) is 3.02. The van der Waals surface area contributed by atoms with Crippen molar-refractivity contribution in [2.75, 3.05) is 0 Å². The Morgan fingerprint density at radius 3 is 2.33 bits per heavy atom. The van der Waals surface area contributed by atoms with E-state index in [1.165, 1.54) is 12.1 Å². The van der Waals surface area contributed by atoms with Gasteiger partial charge in [0.25, 0.3) is 0 Å². The third kappa shape index (κ3) is 1.93. The minimum atomic E-state index is -0.699. The molecule has 21 heavy (non-hydrogen) atoms. The fourth-order valence-corrected chi connectivity index (χ4v) is 1.99. The molecule has 6 nitrogen and oxygen atoms in total. The Morgan fingerprint density at radius 1 is 1.00 bits per heavy atom. The number of hydrogen-bond donors (Lipinski definition) is 4. The number of benzene rings is 2. The van der Waals surface area contributed by atoms with Crippen molar-refractivity contribution in [1.82, 2.24) is 0 Å². The lowest BCUT2D eigenvalue weighted by Gasteiger charge is -2.08. The van der Waals surface area contributed by atoms with Crippen LogP contribution in [0.5, 0.6) is 23.0 Å². The molecular weight excluding hydrogens is 276 g/mol. The van der Waals surface area contributed by atoms with Gasteiger partial charge in [0.05, 0.1) is 5.39 Å². The Balaban J connectivity index is 2.35. The molecule has 3 rings (SSSR count). The number of aromatic hydroxyl groups is 4. The van der Waals surface area contributed by atoms with Gasteiger partial charge in [-0.05, 0) is 24.3 Å².